The normalized spacial score (nSPS) is 14.5. The van der Waals surface area contributed by atoms with Gasteiger partial charge in [0.25, 0.3) is 0 Å². The second-order valence-corrected chi connectivity index (χ2v) is 4.87. The first kappa shape index (κ1) is 13.0. The molecule has 0 saturated heterocycles. The average Bonchev–Trinajstić information content (AvgIpc) is 2.94. The van der Waals surface area contributed by atoms with Crippen molar-refractivity contribution in [3.8, 4) is 11.5 Å². The minimum Gasteiger partial charge on any atom is -0.494 e. The van der Waals surface area contributed by atoms with Crippen molar-refractivity contribution in [2.24, 2.45) is 0 Å². The zero-order chi connectivity index (χ0) is 13.9. The second-order valence-electron chi connectivity index (χ2n) is 4.87. The molecule has 0 aliphatic carbocycles. The van der Waals surface area contributed by atoms with Gasteiger partial charge in [0.15, 0.2) is 0 Å². The lowest BCUT2D eigenvalue weighted by Crippen LogP contribution is -2.01. The van der Waals surface area contributed by atoms with Crippen LogP contribution in [0.25, 0.3) is 0 Å². The smallest absolute Gasteiger partial charge is 0.122 e. The van der Waals surface area contributed by atoms with Crippen molar-refractivity contribution in [1.29, 1.82) is 0 Å². The molecular formula is C17H18O3. The SMILES string of the molecule is CCOc1cccc(C(O)c2ccc3c(c2)CCO3)c1. The largest absolute Gasteiger partial charge is 0.494 e. The number of ether oxygens (including phenoxy) is 2. The van der Waals surface area contributed by atoms with Crippen LogP contribution in [0.4, 0.5) is 0 Å². The first-order valence-corrected chi connectivity index (χ1v) is 6.94. The Balaban J connectivity index is 1.88. The number of fused-ring (bicyclic) bond motifs is 1. The van der Waals surface area contributed by atoms with E-state index in [9.17, 15) is 5.11 Å². The maximum Gasteiger partial charge on any atom is 0.122 e. The van der Waals surface area contributed by atoms with E-state index in [0.29, 0.717) is 6.61 Å². The van der Waals surface area contributed by atoms with Gasteiger partial charge in [-0.2, -0.15) is 0 Å². The molecular weight excluding hydrogens is 252 g/mol. The summed E-state index contributed by atoms with van der Waals surface area (Å²) in [5, 5.41) is 10.5. The van der Waals surface area contributed by atoms with Gasteiger partial charge in [0.1, 0.15) is 17.6 Å². The zero-order valence-corrected chi connectivity index (χ0v) is 11.5. The van der Waals surface area contributed by atoms with Gasteiger partial charge in [0.05, 0.1) is 13.2 Å². The maximum atomic E-state index is 10.5. The lowest BCUT2D eigenvalue weighted by molar-refractivity contribution is 0.219. The molecule has 0 radical (unpaired) electrons. The predicted molar refractivity (Wildman–Crippen MR) is 77.3 cm³/mol. The third-order valence-corrected chi connectivity index (χ3v) is 3.51. The molecule has 0 bridgehead atoms. The summed E-state index contributed by atoms with van der Waals surface area (Å²) in [5.74, 6) is 1.72. The Labute approximate surface area is 118 Å². The van der Waals surface area contributed by atoms with Gasteiger partial charge in [-0.05, 0) is 47.9 Å². The summed E-state index contributed by atoms with van der Waals surface area (Å²) in [7, 11) is 0. The van der Waals surface area contributed by atoms with Gasteiger partial charge in [-0.25, -0.2) is 0 Å². The lowest BCUT2D eigenvalue weighted by Gasteiger charge is -2.14. The molecule has 0 spiro atoms. The molecule has 0 amide bonds. The van der Waals surface area contributed by atoms with Gasteiger partial charge in [-0.3, -0.25) is 0 Å². The molecule has 1 aliphatic rings. The third-order valence-electron chi connectivity index (χ3n) is 3.51. The molecule has 1 aliphatic heterocycles. The molecule has 0 saturated carbocycles. The maximum absolute atomic E-state index is 10.5. The van der Waals surface area contributed by atoms with E-state index in [4.69, 9.17) is 9.47 Å². The molecule has 1 heterocycles. The fraction of sp³-hybridized carbons (Fsp3) is 0.294. The number of hydrogen-bond donors (Lipinski definition) is 1. The van der Waals surface area contributed by atoms with E-state index in [1.807, 2.05) is 49.4 Å². The lowest BCUT2D eigenvalue weighted by atomic mass is 9.99. The van der Waals surface area contributed by atoms with Crippen LogP contribution in [-0.2, 0) is 6.42 Å². The Morgan fingerprint density at radius 1 is 1.20 bits per heavy atom. The van der Waals surface area contributed by atoms with Crippen LogP contribution in [0.1, 0.15) is 29.7 Å². The van der Waals surface area contributed by atoms with Crippen LogP contribution < -0.4 is 9.47 Å². The number of benzene rings is 2. The van der Waals surface area contributed by atoms with E-state index in [1.165, 1.54) is 5.56 Å². The zero-order valence-electron chi connectivity index (χ0n) is 11.5. The van der Waals surface area contributed by atoms with Crippen LogP contribution in [0.2, 0.25) is 0 Å². The Hall–Kier alpha value is -2.00. The van der Waals surface area contributed by atoms with Crippen LogP contribution >= 0.6 is 0 Å². The van der Waals surface area contributed by atoms with Gasteiger partial charge < -0.3 is 14.6 Å². The van der Waals surface area contributed by atoms with Crippen molar-refractivity contribution in [2.45, 2.75) is 19.4 Å². The minimum atomic E-state index is -0.638. The molecule has 0 fully saturated rings. The van der Waals surface area contributed by atoms with Crippen molar-refractivity contribution >= 4 is 0 Å². The van der Waals surface area contributed by atoms with E-state index in [1.54, 1.807) is 0 Å². The highest BCUT2D eigenvalue weighted by Crippen LogP contribution is 2.31. The highest BCUT2D eigenvalue weighted by Gasteiger charge is 2.16. The Kier molecular flexibility index (Phi) is 3.61. The van der Waals surface area contributed by atoms with E-state index < -0.39 is 6.10 Å². The van der Waals surface area contributed by atoms with Gasteiger partial charge in [0.2, 0.25) is 0 Å². The third kappa shape index (κ3) is 2.49. The van der Waals surface area contributed by atoms with Crippen LogP contribution in [0.5, 0.6) is 11.5 Å². The molecule has 2 aromatic rings. The fourth-order valence-corrected chi connectivity index (χ4v) is 2.51. The molecule has 1 unspecified atom stereocenters. The first-order valence-electron chi connectivity index (χ1n) is 6.94. The van der Waals surface area contributed by atoms with Gasteiger partial charge in [0, 0.05) is 6.42 Å². The fourth-order valence-electron chi connectivity index (χ4n) is 2.51. The van der Waals surface area contributed by atoms with Gasteiger partial charge in [-0.15, -0.1) is 0 Å². The van der Waals surface area contributed by atoms with Crippen molar-refractivity contribution < 1.29 is 14.6 Å². The standard InChI is InChI=1S/C17H18O3/c1-2-19-15-5-3-4-13(11-15)17(18)14-6-7-16-12(10-14)8-9-20-16/h3-7,10-11,17-18H,2,8-9H2,1H3. The van der Waals surface area contributed by atoms with Crippen LogP contribution in [0.15, 0.2) is 42.5 Å². The summed E-state index contributed by atoms with van der Waals surface area (Å²) in [4.78, 5) is 0. The molecule has 1 atom stereocenters. The van der Waals surface area contributed by atoms with Gasteiger partial charge in [-0.1, -0.05) is 18.2 Å². The van der Waals surface area contributed by atoms with Crippen molar-refractivity contribution in [3.63, 3.8) is 0 Å². The molecule has 3 heteroatoms. The van der Waals surface area contributed by atoms with E-state index in [2.05, 4.69) is 0 Å². The first-order chi connectivity index (χ1) is 9.78. The summed E-state index contributed by atoms with van der Waals surface area (Å²) >= 11 is 0. The number of aliphatic hydroxyl groups is 1. The average molecular weight is 270 g/mol. The highest BCUT2D eigenvalue weighted by atomic mass is 16.5. The van der Waals surface area contributed by atoms with Crippen LogP contribution in [0.3, 0.4) is 0 Å². The monoisotopic (exact) mass is 270 g/mol. The van der Waals surface area contributed by atoms with Crippen molar-refractivity contribution in [1.82, 2.24) is 0 Å². The topological polar surface area (TPSA) is 38.7 Å². The summed E-state index contributed by atoms with van der Waals surface area (Å²) in [6, 6.07) is 13.5. The predicted octanol–water partition coefficient (Wildman–Crippen LogP) is 3.10. The molecule has 2 aromatic carbocycles. The number of hydrogen-bond acceptors (Lipinski definition) is 3. The van der Waals surface area contributed by atoms with Crippen LogP contribution in [0, 0.1) is 0 Å². The van der Waals surface area contributed by atoms with Crippen LogP contribution in [-0.4, -0.2) is 18.3 Å². The minimum absolute atomic E-state index is 0.621. The summed E-state index contributed by atoms with van der Waals surface area (Å²) in [5.41, 5.74) is 2.90. The molecule has 3 rings (SSSR count). The Morgan fingerprint density at radius 2 is 2.05 bits per heavy atom. The molecule has 3 nitrogen and oxygen atoms in total. The molecule has 0 aromatic heterocycles. The van der Waals surface area contributed by atoms with E-state index in [-0.39, 0.29) is 0 Å². The highest BCUT2D eigenvalue weighted by molar-refractivity contribution is 5.43. The van der Waals surface area contributed by atoms with Gasteiger partial charge >= 0.3 is 0 Å². The molecule has 20 heavy (non-hydrogen) atoms. The quantitative estimate of drug-likeness (QED) is 0.927. The summed E-state index contributed by atoms with van der Waals surface area (Å²) in [6.45, 7) is 3.30. The summed E-state index contributed by atoms with van der Waals surface area (Å²) in [6.07, 6.45) is 0.274. The Morgan fingerprint density at radius 3 is 2.90 bits per heavy atom. The van der Waals surface area contributed by atoms with E-state index in [0.717, 1.165) is 35.7 Å². The number of rotatable bonds is 4. The molecule has 104 valence electrons. The second kappa shape index (κ2) is 5.55. The van der Waals surface area contributed by atoms with Crippen molar-refractivity contribution in [3.05, 3.63) is 59.2 Å². The molecule has 1 N–H and O–H groups in total. The summed E-state index contributed by atoms with van der Waals surface area (Å²) < 4.78 is 11.0. The van der Waals surface area contributed by atoms with Crippen molar-refractivity contribution in [2.75, 3.05) is 13.2 Å². The van der Waals surface area contributed by atoms with E-state index >= 15 is 0 Å². The number of aliphatic hydroxyl groups excluding tert-OH is 1. The Bertz CT molecular complexity index is 607.